The maximum atomic E-state index is 12.3. The molecule has 1 amide bonds. The third-order valence-corrected chi connectivity index (χ3v) is 3.85. The lowest BCUT2D eigenvalue weighted by Crippen LogP contribution is -2.15. The summed E-state index contributed by atoms with van der Waals surface area (Å²) in [5.41, 5.74) is 0.381. The molecular weight excluding hydrogens is 337 g/mol. The minimum Gasteiger partial charge on any atom is -0.320 e. The zero-order valence-electron chi connectivity index (χ0n) is 11.0. The number of alkyl halides is 3. The van der Waals surface area contributed by atoms with Crippen LogP contribution in [0, 0.1) is 0 Å². The van der Waals surface area contributed by atoms with Crippen molar-refractivity contribution in [3.63, 3.8) is 0 Å². The van der Waals surface area contributed by atoms with Crippen LogP contribution in [0.25, 0.3) is 0 Å². The fraction of sp³-hybridized carbons (Fsp3) is 0.143. The number of aromatic nitrogens is 1. The van der Waals surface area contributed by atoms with Gasteiger partial charge in [-0.25, -0.2) is 0 Å². The Hall–Kier alpha value is -1.73. The number of pyridine rings is 1. The second kappa shape index (κ2) is 7.02. The number of amides is 1. The second-order valence-corrected chi connectivity index (χ2v) is 5.67. The molecule has 0 aliphatic carbocycles. The number of benzene rings is 1. The molecule has 0 aliphatic rings. The van der Waals surface area contributed by atoms with E-state index in [2.05, 4.69) is 10.3 Å². The molecule has 0 saturated heterocycles. The quantitative estimate of drug-likeness (QED) is 0.820. The summed E-state index contributed by atoms with van der Waals surface area (Å²) in [5, 5.41) is 2.89. The number of nitrogens with zero attached hydrogens (tertiary/aromatic N) is 1. The summed E-state index contributed by atoms with van der Waals surface area (Å²) in [6.45, 7) is 0. The van der Waals surface area contributed by atoms with E-state index in [1.807, 2.05) is 0 Å². The van der Waals surface area contributed by atoms with Gasteiger partial charge in [0.2, 0.25) is 0 Å². The Bertz CT molecular complexity index is 679. The van der Waals surface area contributed by atoms with Crippen molar-refractivity contribution < 1.29 is 18.0 Å². The molecule has 2 rings (SSSR count). The molecule has 0 unspecified atom stereocenters. The molecule has 116 valence electrons. The van der Waals surface area contributed by atoms with Gasteiger partial charge >= 0.3 is 6.18 Å². The third-order valence-electron chi connectivity index (χ3n) is 2.48. The average molecular weight is 347 g/mol. The van der Waals surface area contributed by atoms with Crippen molar-refractivity contribution in [3.05, 3.63) is 53.3 Å². The van der Waals surface area contributed by atoms with Gasteiger partial charge in [0.25, 0.3) is 5.91 Å². The van der Waals surface area contributed by atoms with E-state index in [1.54, 1.807) is 12.1 Å². The predicted octanol–water partition coefficient (Wildman–Crippen LogP) is 4.64. The maximum Gasteiger partial charge on any atom is 0.398 e. The summed E-state index contributed by atoms with van der Waals surface area (Å²) < 4.78 is 36.9. The second-order valence-electron chi connectivity index (χ2n) is 4.21. The largest absolute Gasteiger partial charge is 0.398 e. The van der Waals surface area contributed by atoms with Gasteiger partial charge < -0.3 is 5.32 Å². The van der Waals surface area contributed by atoms with Crippen LogP contribution < -0.4 is 5.32 Å². The standard InChI is InChI=1S/C14H10ClF3N2OS/c15-9-5-6-19-11(7-9)13(21)20-10-3-1-2-4-12(10)22-8-14(16,17)18/h1-7H,8H2,(H,20,21). The van der Waals surface area contributed by atoms with Gasteiger partial charge in [0.05, 0.1) is 11.4 Å². The summed E-state index contributed by atoms with van der Waals surface area (Å²) >= 11 is 6.38. The van der Waals surface area contributed by atoms with E-state index < -0.39 is 17.8 Å². The highest BCUT2D eigenvalue weighted by Crippen LogP contribution is 2.32. The Kier molecular flexibility index (Phi) is 5.31. The average Bonchev–Trinajstić information content (AvgIpc) is 2.45. The van der Waals surface area contributed by atoms with Crippen molar-refractivity contribution >= 4 is 35.0 Å². The number of nitrogens with one attached hydrogen (secondary N) is 1. The molecule has 8 heteroatoms. The fourth-order valence-electron chi connectivity index (χ4n) is 1.57. The number of carbonyl (C=O) groups is 1. The van der Waals surface area contributed by atoms with Gasteiger partial charge in [0, 0.05) is 16.1 Å². The van der Waals surface area contributed by atoms with Crippen LogP contribution in [-0.2, 0) is 0 Å². The van der Waals surface area contributed by atoms with E-state index in [9.17, 15) is 18.0 Å². The number of halogens is 4. The zero-order chi connectivity index (χ0) is 16.2. The lowest BCUT2D eigenvalue weighted by molar-refractivity contribution is -0.105. The first-order valence-corrected chi connectivity index (χ1v) is 7.43. The number of hydrogen-bond donors (Lipinski definition) is 1. The lowest BCUT2D eigenvalue weighted by Gasteiger charge is -2.11. The van der Waals surface area contributed by atoms with Crippen LogP contribution in [0.1, 0.15) is 10.5 Å². The molecule has 1 heterocycles. The molecule has 0 spiro atoms. The molecule has 0 aliphatic heterocycles. The summed E-state index contributed by atoms with van der Waals surface area (Å²) in [6, 6.07) is 9.16. The number of para-hydroxylation sites is 1. The van der Waals surface area contributed by atoms with Crippen molar-refractivity contribution in [2.24, 2.45) is 0 Å². The molecule has 1 N–H and O–H groups in total. The number of rotatable bonds is 4. The van der Waals surface area contributed by atoms with Crippen molar-refractivity contribution in [2.45, 2.75) is 11.1 Å². The molecule has 0 fully saturated rings. The number of anilines is 1. The summed E-state index contributed by atoms with van der Waals surface area (Å²) in [7, 11) is 0. The van der Waals surface area contributed by atoms with Crippen LogP contribution in [-0.4, -0.2) is 22.8 Å². The molecule has 22 heavy (non-hydrogen) atoms. The monoisotopic (exact) mass is 346 g/mol. The molecule has 0 atom stereocenters. The van der Waals surface area contributed by atoms with Crippen molar-refractivity contribution in [3.8, 4) is 0 Å². The van der Waals surface area contributed by atoms with Crippen LogP contribution in [0.4, 0.5) is 18.9 Å². The Morgan fingerprint density at radius 2 is 2.00 bits per heavy atom. The van der Waals surface area contributed by atoms with Crippen molar-refractivity contribution in [1.29, 1.82) is 0 Å². The van der Waals surface area contributed by atoms with E-state index in [4.69, 9.17) is 11.6 Å². The Labute approximate surface area is 133 Å². The minimum atomic E-state index is -4.28. The number of hydrogen-bond acceptors (Lipinski definition) is 3. The van der Waals surface area contributed by atoms with Crippen LogP contribution in [0.5, 0.6) is 0 Å². The van der Waals surface area contributed by atoms with Crippen molar-refractivity contribution in [1.82, 2.24) is 4.98 Å². The minimum absolute atomic E-state index is 0.0862. The molecule has 0 saturated carbocycles. The van der Waals surface area contributed by atoms with Crippen LogP contribution in [0.2, 0.25) is 5.02 Å². The predicted molar refractivity (Wildman–Crippen MR) is 80.4 cm³/mol. The van der Waals surface area contributed by atoms with Gasteiger partial charge in [-0.1, -0.05) is 23.7 Å². The Morgan fingerprint density at radius 1 is 1.27 bits per heavy atom. The van der Waals surface area contributed by atoms with E-state index in [0.29, 0.717) is 27.4 Å². The van der Waals surface area contributed by atoms with E-state index in [1.165, 1.54) is 30.5 Å². The molecule has 0 bridgehead atoms. The summed E-state index contributed by atoms with van der Waals surface area (Å²) in [5.74, 6) is -1.57. The highest BCUT2D eigenvalue weighted by Gasteiger charge is 2.27. The maximum absolute atomic E-state index is 12.3. The van der Waals surface area contributed by atoms with Gasteiger partial charge in [0.15, 0.2) is 0 Å². The zero-order valence-corrected chi connectivity index (χ0v) is 12.6. The van der Waals surface area contributed by atoms with Crippen LogP contribution in [0.15, 0.2) is 47.5 Å². The van der Waals surface area contributed by atoms with Gasteiger partial charge in [-0.05, 0) is 24.3 Å². The summed E-state index contributed by atoms with van der Waals surface area (Å²) in [6.07, 6.45) is -2.90. The Morgan fingerprint density at radius 3 is 2.68 bits per heavy atom. The first kappa shape index (κ1) is 16.6. The third kappa shape index (κ3) is 4.92. The van der Waals surface area contributed by atoms with Gasteiger partial charge in [0.1, 0.15) is 5.69 Å². The van der Waals surface area contributed by atoms with Crippen LogP contribution in [0.3, 0.4) is 0 Å². The van der Waals surface area contributed by atoms with E-state index >= 15 is 0 Å². The summed E-state index contributed by atoms with van der Waals surface area (Å²) in [4.78, 5) is 16.3. The molecular formula is C14H10ClF3N2OS. The molecule has 1 aromatic carbocycles. The Balaban J connectivity index is 2.14. The van der Waals surface area contributed by atoms with Gasteiger partial charge in [-0.15, -0.1) is 11.8 Å². The van der Waals surface area contributed by atoms with E-state index in [-0.39, 0.29) is 5.69 Å². The number of carbonyl (C=O) groups excluding carboxylic acids is 1. The lowest BCUT2D eigenvalue weighted by atomic mass is 10.3. The highest BCUT2D eigenvalue weighted by molar-refractivity contribution is 7.99. The first-order chi connectivity index (χ1) is 10.3. The molecule has 2 aromatic rings. The van der Waals surface area contributed by atoms with E-state index in [0.717, 1.165) is 0 Å². The SMILES string of the molecule is O=C(Nc1ccccc1SCC(F)(F)F)c1cc(Cl)ccn1. The normalized spacial score (nSPS) is 11.3. The molecule has 3 nitrogen and oxygen atoms in total. The van der Waals surface area contributed by atoms with Crippen LogP contribution >= 0.6 is 23.4 Å². The molecule has 0 radical (unpaired) electrons. The smallest absolute Gasteiger partial charge is 0.320 e. The fourth-order valence-corrected chi connectivity index (χ4v) is 2.50. The molecule has 1 aromatic heterocycles. The highest BCUT2D eigenvalue weighted by atomic mass is 35.5. The van der Waals surface area contributed by atoms with Crippen molar-refractivity contribution in [2.75, 3.05) is 11.1 Å². The first-order valence-electron chi connectivity index (χ1n) is 6.06. The van der Waals surface area contributed by atoms with Gasteiger partial charge in [-0.3, -0.25) is 9.78 Å². The topological polar surface area (TPSA) is 42.0 Å². The van der Waals surface area contributed by atoms with Gasteiger partial charge in [-0.2, -0.15) is 13.2 Å². The number of thioether (sulfide) groups is 1.